The van der Waals surface area contributed by atoms with Crippen molar-refractivity contribution in [1.82, 2.24) is 0 Å². The molecular formula is C13H22O2Si. The van der Waals surface area contributed by atoms with E-state index in [4.69, 9.17) is 5.11 Å². The van der Waals surface area contributed by atoms with E-state index in [0.717, 1.165) is 12.0 Å². The summed E-state index contributed by atoms with van der Waals surface area (Å²) in [6.45, 7) is 8.30. The van der Waals surface area contributed by atoms with Crippen LogP contribution in [0, 0.1) is 0 Å². The Morgan fingerprint density at radius 3 is 1.88 bits per heavy atom. The Hall–Kier alpha value is -0.643. The Labute approximate surface area is 99.1 Å². The molecule has 0 saturated carbocycles. The zero-order valence-electron chi connectivity index (χ0n) is 10.6. The van der Waals surface area contributed by atoms with Crippen molar-refractivity contribution in [1.29, 1.82) is 0 Å². The second-order valence-corrected chi connectivity index (χ2v) is 10.1. The van der Waals surface area contributed by atoms with Gasteiger partial charge in [0.1, 0.15) is 0 Å². The molecule has 0 saturated heterocycles. The zero-order chi connectivity index (χ0) is 12.4. The minimum absolute atomic E-state index is 0.0340. The van der Waals surface area contributed by atoms with Gasteiger partial charge in [0.25, 0.3) is 0 Å². The number of aliphatic hydroxyl groups excluding tert-OH is 1. The van der Waals surface area contributed by atoms with Gasteiger partial charge in [-0.25, -0.2) is 0 Å². The van der Waals surface area contributed by atoms with Crippen LogP contribution in [0.2, 0.25) is 18.1 Å². The maximum atomic E-state index is 10.2. The van der Waals surface area contributed by atoms with Gasteiger partial charge in [0.2, 0.25) is 0 Å². The molecule has 1 aromatic carbocycles. The van der Waals surface area contributed by atoms with Crippen LogP contribution in [0.25, 0.3) is 0 Å². The van der Waals surface area contributed by atoms with Gasteiger partial charge in [-0.15, -0.1) is 0 Å². The molecule has 0 spiro atoms. The van der Waals surface area contributed by atoms with Crippen LogP contribution in [0.4, 0.5) is 0 Å². The van der Waals surface area contributed by atoms with Gasteiger partial charge < -0.3 is 9.90 Å². The van der Waals surface area contributed by atoms with E-state index in [0.29, 0.717) is 0 Å². The summed E-state index contributed by atoms with van der Waals surface area (Å²) in [6, 6.07) is 7.95. The van der Waals surface area contributed by atoms with Crippen molar-refractivity contribution < 1.29 is 9.90 Å². The molecular weight excluding hydrogens is 216 g/mol. The summed E-state index contributed by atoms with van der Waals surface area (Å²) in [5.41, 5.74) is 2.15. The SMILES string of the molecule is CC(C)(Cc1ccc(CO)cc1)[Si](C)(C)O. The van der Waals surface area contributed by atoms with E-state index >= 15 is 0 Å². The lowest BCUT2D eigenvalue weighted by Crippen LogP contribution is -2.40. The average Bonchev–Trinajstić information content (AvgIpc) is 2.16. The molecule has 1 aromatic rings. The van der Waals surface area contributed by atoms with Crippen LogP contribution in [0.5, 0.6) is 0 Å². The third-order valence-electron chi connectivity index (χ3n) is 3.51. The highest BCUT2D eigenvalue weighted by Crippen LogP contribution is 2.38. The molecule has 0 atom stereocenters. The lowest BCUT2D eigenvalue weighted by molar-refractivity contribution is 0.282. The van der Waals surface area contributed by atoms with E-state index in [1.165, 1.54) is 5.56 Å². The van der Waals surface area contributed by atoms with Crippen LogP contribution in [0.15, 0.2) is 24.3 Å². The molecule has 3 heteroatoms. The second-order valence-electron chi connectivity index (χ2n) is 5.59. The fraction of sp³-hybridized carbons (Fsp3) is 0.538. The van der Waals surface area contributed by atoms with Crippen molar-refractivity contribution in [3.8, 4) is 0 Å². The highest BCUT2D eigenvalue weighted by Gasteiger charge is 2.37. The van der Waals surface area contributed by atoms with E-state index in [1.54, 1.807) is 0 Å². The maximum Gasteiger partial charge on any atom is 0.188 e. The van der Waals surface area contributed by atoms with Gasteiger partial charge in [-0.05, 0) is 35.7 Å². The quantitative estimate of drug-likeness (QED) is 0.792. The summed E-state index contributed by atoms with van der Waals surface area (Å²) in [6.07, 6.45) is 0.883. The van der Waals surface area contributed by atoms with Crippen LogP contribution in [-0.4, -0.2) is 18.2 Å². The van der Waals surface area contributed by atoms with Gasteiger partial charge in [0, 0.05) is 0 Å². The molecule has 1 rings (SSSR count). The van der Waals surface area contributed by atoms with Crippen molar-refractivity contribution in [2.45, 2.75) is 45.0 Å². The first-order valence-electron chi connectivity index (χ1n) is 5.67. The van der Waals surface area contributed by atoms with Crippen molar-refractivity contribution >= 4 is 8.32 Å². The van der Waals surface area contributed by atoms with Gasteiger partial charge in [-0.1, -0.05) is 38.1 Å². The van der Waals surface area contributed by atoms with E-state index in [1.807, 2.05) is 37.4 Å². The first-order chi connectivity index (χ1) is 7.26. The van der Waals surface area contributed by atoms with Crippen molar-refractivity contribution in [2.75, 3.05) is 0 Å². The van der Waals surface area contributed by atoms with Crippen molar-refractivity contribution in [3.05, 3.63) is 35.4 Å². The van der Waals surface area contributed by atoms with Gasteiger partial charge >= 0.3 is 0 Å². The minimum atomic E-state index is -2.14. The van der Waals surface area contributed by atoms with Crippen molar-refractivity contribution in [2.24, 2.45) is 0 Å². The topological polar surface area (TPSA) is 40.5 Å². The Balaban J connectivity index is 2.80. The fourth-order valence-electron chi connectivity index (χ4n) is 1.49. The molecule has 0 aromatic heterocycles. The molecule has 0 fully saturated rings. The minimum Gasteiger partial charge on any atom is -0.432 e. The van der Waals surface area contributed by atoms with E-state index < -0.39 is 8.32 Å². The lowest BCUT2D eigenvalue weighted by atomic mass is 10.0. The highest BCUT2D eigenvalue weighted by atomic mass is 28.4. The van der Waals surface area contributed by atoms with E-state index in [-0.39, 0.29) is 11.6 Å². The molecule has 16 heavy (non-hydrogen) atoms. The fourth-order valence-corrected chi connectivity index (χ4v) is 2.13. The van der Waals surface area contributed by atoms with Gasteiger partial charge in [0.05, 0.1) is 6.61 Å². The summed E-state index contributed by atoms with van der Waals surface area (Å²) < 4.78 is 0. The van der Waals surface area contributed by atoms with Gasteiger partial charge in [0.15, 0.2) is 8.32 Å². The summed E-state index contributed by atoms with van der Waals surface area (Å²) in [5, 5.41) is 8.92. The Kier molecular flexibility index (Phi) is 3.94. The number of hydrogen-bond acceptors (Lipinski definition) is 2. The predicted octanol–water partition coefficient (Wildman–Crippen LogP) is 2.70. The third-order valence-corrected chi connectivity index (χ3v) is 7.00. The van der Waals surface area contributed by atoms with E-state index in [2.05, 4.69) is 13.8 Å². The number of hydrogen-bond donors (Lipinski definition) is 2. The molecule has 0 amide bonds. The monoisotopic (exact) mass is 238 g/mol. The summed E-state index contributed by atoms with van der Waals surface area (Å²) in [4.78, 5) is 10.2. The molecule has 2 N–H and O–H groups in total. The molecule has 2 nitrogen and oxygen atoms in total. The van der Waals surface area contributed by atoms with Crippen molar-refractivity contribution in [3.63, 3.8) is 0 Å². The molecule has 0 bridgehead atoms. The molecule has 0 heterocycles. The average molecular weight is 238 g/mol. The predicted molar refractivity (Wildman–Crippen MR) is 69.8 cm³/mol. The smallest absolute Gasteiger partial charge is 0.188 e. The molecule has 90 valence electrons. The first-order valence-corrected chi connectivity index (χ1v) is 8.62. The number of rotatable bonds is 4. The summed E-state index contributed by atoms with van der Waals surface area (Å²) in [5.74, 6) is 0. The van der Waals surface area contributed by atoms with Crippen LogP contribution in [0.3, 0.4) is 0 Å². The lowest BCUT2D eigenvalue weighted by Gasteiger charge is -2.35. The normalized spacial score (nSPS) is 12.9. The zero-order valence-corrected chi connectivity index (χ0v) is 11.6. The Morgan fingerprint density at radius 2 is 1.50 bits per heavy atom. The van der Waals surface area contributed by atoms with E-state index in [9.17, 15) is 4.80 Å². The van der Waals surface area contributed by atoms with Crippen LogP contribution >= 0.6 is 0 Å². The van der Waals surface area contributed by atoms with Gasteiger partial charge in [-0.3, -0.25) is 0 Å². The Bertz CT molecular complexity index is 336. The van der Waals surface area contributed by atoms with Crippen LogP contribution < -0.4 is 0 Å². The van der Waals surface area contributed by atoms with Crippen LogP contribution in [-0.2, 0) is 13.0 Å². The first kappa shape index (κ1) is 13.4. The summed E-state index contributed by atoms with van der Waals surface area (Å²) in [7, 11) is -2.14. The number of benzene rings is 1. The maximum absolute atomic E-state index is 10.2. The number of aliphatic hydroxyl groups is 1. The molecule has 0 aliphatic rings. The van der Waals surface area contributed by atoms with Gasteiger partial charge in [-0.2, -0.15) is 0 Å². The summed E-state index contributed by atoms with van der Waals surface area (Å²) >= 11 is 0. The largest absolute Gasteiger partial charge is 0.432 e. The second kappa shape index (κ2) is 4.70. The molecule has 0 unspecified atom stereocenters. The highest BCUT2D eigenvalue weighted by molar-refractivity contribution is 6.72. The molecule has 0 aliphatic carbocycles. The van der Waals surface area contributed by atoms with Crippen LogP contribution in [0.1, 0.15) is 25.0 Å². The molecule has 0 aliphatic heterocycles. The third kappa shape index (κ3) is 3.17. The Morgan fingerprint density at radius 1 is 1.06 bits per heavy atom. The molecule has 0 radical (unpaired) electrons. The standard InChI is InChI=1S/C13H22O2Si/c1-13(2,16(3,4)15)9-11-5-7-12(10-14)8-6-11/h5-8,14-15H,9-10H2,1-4H3.